The zero-order chi connectivity index (χ0) is 18.1. The van der Waals surface area contributed by atoms with Gasteiger partial charge in [0.1, 0.15) is 11.9 Å². The Balaban J connectivity index is 1.87. The number of ketones is 1. The summed E-state index contributed by atoms with van der Waals surface area (Å²) >= 11 is 0. The number of fused-ring (bicyclic) bond motifs is 1. The standard InChI is InChI=1S/C17H15FN4O3/c1-10(23)21-4-6-22(7-5-21)17(25)16(24)12-9-20-15-11(8-19)2-3-13(18)14(12)15/h2-3,9,20H,4-7H2,1H3. The summed E-state index contributed by atoms with van der Waals surface area (Å²) in [6, 6.07) is 4.33. The number of piperazine rings is 1. The van der Waals surface area contributed by atoms with E-state index in [1.807, 2.05) is 6.07 Å². The Hall–Kier alpha value is -3.21. The molecule has 1 fully saturated rings. The number of hydrogen-bond acceptors (Lipinski definition) is 4. The number of aromatic amines is 1. The van der Waals surface area contributed by atoms with Crippen LogP contribution in [0.25, 0.3) is 10.9 Å². The fourth-order valence-corrected chi connectivity index (χ4v) is 2.96. The molecule has 2 aromatic rings. The van der Waals surface area contributed by atoms with Crippen molar-refractivity contribution < 1.29 is 18.8 Å². The van der Waals surface area contributed by atoms with Gasteiger partial charge in [0.15, 0.2) is 0 Å². The van der Waals surface area contributed by atoms with Gasteiger partial charge in [0.05, 0.1) is 16.6 Å². The molecule has 7 nitrogen and oxygen atoms in total. The predicted molar refractivity (Wildman–Crippen MR) is 86.1 cm³/mol. The summed E-state index contributed by atoms with van der Waals surface area (Å²) in [7, 11) is 0. The van der Waals surface area contributed by atoms with Crippen LogP contribution in [0.5, 0.6) is 0 Å². The molecule has 0 atom stereocenters. The van der Waals surface area contributed by atoms with Crippen LogP contribution < -0.4 is 0 Å². The minimum Gasteiger partial charge on any atom is -0.359 e. The van der Waals surface area contributed by atoms with Gasteiger partial charge in [0.25, 0.3) is 11.7 Å². The summed E-state index contributed by atoms with van der Waals surface area (Å²) in [6.07, 6.45) is 1.25. The number of nitrogens with one attached hydrogen (secondary N) is 1. The Kier molecular flexibility index (Phi) is 4.23. The van der Waals surface area contributed by atoms with Gasteiger partial charge >= 0.3 is 0 Å². The van der Waals surface area contributed by atoms with Crippen molar-refractivity contribution in [2.24, 2.45) is 0 Å². The third kappa shape index (κ3) is 2.85. The van der Waals surface area contributed by atoms with Crippen molar-refractivity contribution in [2.75, 3.05) is 26.2 Å². The lowest BCUT2D eigenvalue weighted by atomic mass is 10.1. The number of nitrogens with zero attached hydrogens (tertiary/aromatic N) is 3. The summed E-state index contributed by atoms with van der Waals surface area (Å²) in [6.45, 7) is 2.66. The van der Waals surface area contributed by atoms with E-state index in [1.54, 1.807) is 4.90 Å². The minimum atomic E-state index is -0.837. The average molecular weight is 342 g/mol. The van der Waals surface area contributed by atoms with Crippen LogP contribution in [0, 0.1) is 17.1 Å². The van der Waals surface area contributed by atoms with Gasteiger partial charge in [-0.2, -0.15) is 5.26 Å². The highest BCUT2D eigenvalue weighted by molar-refractivity contribution is 6.45. The number of carbonyl (C=O) groups excluding carboxylic acids is 3. The highest BCUT2D eigenvalue weighted by Crippen LogP contribution is 2.25. The fourth-order valence-electron chi connectivity index (χ4n) is 2.96. The lowest BCUT2D eigenvalue weighted by Crippen LogP contribution is -2.51. The van der Waals surface area contributed by atoms with Crippen LogP contribution in [0.1, 0.15) is 22.8 Å². The summed E-state index contributed by atoms with van der Waals surface area (Å²) in [5, 5.41) is 9.02. The quantitative estimate of drug-likeness (QED) is 0.652. The molecule has 0 aliphatic carbocycles. The molecule has 1 N–H and O–H groups in total. The first-order valence-electron chi connectivity index (χ1n) is 7.73. The fraction of sp³-hybridized carbons (Fsp3) is 0.294. The smallest absolute Gasteiger partial charge is 0.295 e. The predicted octanol–water partition coefficient (Wildman–Crippen LogP) is 1.05. The van der Waals surface area contributed by atoms with Crippen molar-refractivity contribution in [2.45, 2.75) is 6.92 Å². The van der Waals surface area contributed by atoms with Gasteiger partial charge in [-0.1, -0.05) is 0 Å². The van der Waals surface area contributed by atoms with Gasteiger partial charge in [-0.05, 0) is 12.1 Å². The summed E-state index contributed by atoms with van der Waals surface area (Å²) in [5.74, 6) is -2.34. The molecule has 1 aliphatic heterocycles. The Morgan fingerprint density at radius 1 is 1.16 bits per heavy atom. The van der Waals surface area contributed by atoms with E-state index in [9.17, 15) is 18.8 Å². The van der Waals surface area contributed by atoms with Crippen LogP contribution in [0.2, 0.25) is 0 Å². The Morgan fingerprint density at radius 3 is 2.40 bits per heavy atom. The third-order valence-electron chi connectivity index (χ3n) is 4.36. The second kappa shape index (κ2) is 6.36. The van der Waals surface area contributed by atoms with Crippen LogP contribution in [0.4, 0.5) is 4.39 Å². The zero-order valence-corrected chi connectivity index (χ0v) is 13.5. The van der Waals surface area contributed by atoms with E-state index >= 15 is 0 Å². The molecule has 0 radical (unpaired) electrons. The van der Waals surface area contributed by atoms with Gasteiger partial charge in [-0.25, -0.2) is 4.39 Å². The maximum atomic E-state index is 14.2. The van der Waals surface area contributed by atoms with Crippen molar-refractivity contribution in [3.8, 4) is 6.07 Å². The molecular formula is C17H15FN4O3. The molecular weight excluding hydrogens is 327 g/mol. The first-order chi connectivity index (χ1) is 11.9. The zero-order valence-electron chi connectivity index (χ0n) is 13.5. The summed E-state index contributed by atoms with van der Waals surface area (Å²) in [4.78, 5) is 42.0. The number of aromatic nitrogens is 1. The minimum absolute atomic E-state index is 0.0558. The number of H-pyrrole nitrogens is 1. The number of amides is 2. The van der Waals surface area contributed by atoms with Crippen molar-refractivity contribution >= 4 is 28.5 Å². The van der Waals surface area contributed by atoms with Gasteiger partial charge in [0, 0.05) is 44.7 Å². The number of benzene rings is 1. The van der Waals surface area contributed by atoms with Crippen molar-refractivity contribution in [3.63, 3.8) is 0 Å². The Labute approximate surface area is 142 Å². The van der Waals surface area contributed by atoms with Crippen molar-refractivity contribution in [3.05, 3.63) is 35.3 Å². The Morgan fingerprint density at radius 2 is 1.80 bits per heavy atom. The topological polar surface area (TPSA) is 97.3 Å². The van der Waals surface area contributed by atoms with Gasteiger partial charge in [-0.15, -0.1) is 0 Å². The maximum absolute atomic E-state index is 14.2. The largest absolute Gasteiger partial charge is 0.359 e. The number of carbonyl (C=O) groups is 3. The van der Waals surface area contributed by atoms with Gasteiger partial charge in [0.2, 0.25) is 5.91 Å². The monoisotopic (exact) mass is 342 g/mol. The molecule has 0 spiro atoms. The highest BCUT2D eigenvalue weighted by Gasteiger charge is 2.30. The summed E-state index contributed by atoms with van der Waals surface area (Å²) in [5.41, 5.74) is 0.293. The molecule has 8 heteroatoms. The average Bonchev–Trinajstić information content (AvgIpc) is 3.07. The maximum Gasteiger partial charge on any atom is 0.295 e. The first kappa shape index (κ1) is 16.6. The molecule has 128 valence electrons. The molecule has 1 aliphatic rings. The van der Waals surface area contributed by atoms with Crippen LogP contribution >= 0.6 is 0 Å². The van der Waals surface area contributed by atoms with Crippen molar-refractivity contribution in [1.29, 1.82) is 5.26 Å². The normalized spacial score (nSPS) is 14.4. The molecule has 1 saturated heterocycles. The van der Waals surface area contributed by atoms with E-state index in [-0.39, 0.29) is 41.0 Å². The molecule has 0 saturated carbocycles. The van der Waals surface area contributed by atoms with Gasteiger partial charge < -0.3 is 14.8 Å². The second-order valence-corrected chi connectivity index (χ2v) is 5.79. The molecule has 1 aromatic carbocycles. The lowest BCUT2D eigenvalue weighted by Gasteiger charge is -2.33. The number of halogens is 1. The molecule has 25 heavy (non-hydrogen) atoms. The molecule has 2 amide bonds. The van der Waals surface area contributed by atoms with E-state index in [4.69, 9.17) is 5.26 Å². The Bertz CT molecular complexity index is 920. The third-order valence-corrected chi connectivity index (χ3v) is 4.36. The van der Waals surface area contributed by atoms with E-state index in [0.717, 1.165) is 6.07 Å². The molecule has 2 heterocycles. The van der Waals surface area contributed by atoms with E-state index in [2.05, 4.69) is 4.98 Å². The van der Waals surface area contributed by atoms with Crippen molar-refractivity contribution in [1.82, 2.24) is 14.8 Å². The number of hydrogen-bond donors (Lipinski definition) is 1. The van der Waals surface area contributed by atoms with Crippen LogP contribution in [0.3, 0.4) is 0 Å². The number of Topliss-reactive ketones (excluding diaryl/α,β-unsaturated/α-hetero) is 1. The second-order valence-electron chi connectivity index (χ2n) is 5.79. The molecule has 1 aromatic heterocycles. The number of nitriles is 1. The van der Waals surface area contributed by atoms with E-state index in [0.29, 0.717) is 13.1 Å². The lowest BCUT2D eigenvalue weighted by molar-refractivity contribution is -0.135. The highest BCUT2D eigenvalue weighted by atomic mass is 19.1. The number of rotatable bonds is 2. The first-order valence-corrected chi connectivity index (χ1v) is 7.73. The van der Waals surface area contributed by atoms with Crippen LogP contribution in [-0.4, -0.2) is 58.6 Å². The summed E-state index contributed by atoms with van der Waals surface area (Å²) < 4.78 is 14.2. The molecule has 3 rings (SSSR count). The SMILES string of the molecule is CC(=O)N1CCN(C(=O)C(=O)c2c[nH]c3c(C#N)ccc(F)c23)CC1. The van der Waals surface area contributed by atoms with E-state index in [1.165, 1.54) is 24.1 Å². The van der Waals surface area contributed by atoms with Gasteiger partial charge in [-0.3, -0.25) is 14.4 Å². The van der Waals surface area contributed by atoms with Crippen LogP contribution in [-0.2, 0) is 9.59 Å². The van der Waals surface area contributed by atoms with E-state index < -0.39 is 17.5 Å². The molecule has 0 bridgehead atoms. The molecule has 0 unspecified atom stereocenters. The van der Waals surface area contributed by atoms with Crippen LogP contribution in [0.15, 0.2) is 18.3 Å².